The van der Waals surface area contributed by atoms with E-state index in [1.165, 1.54) is 10.2 Å². The Morgan fingerprint density at radius 1 is 0.968 bits per heavy atom. The van der Waals surface area contributed by atoms with Gasteiger partial charge in [-0.05, 0) is 56.3 Å². The van der Waals surface area contributed by atoms with Gasteiger partial charge in [0.1, 0.15) is 5.75 Å². The van der Waals surface area contributed by atoms with Crippen LogP contribution in [0, 0.1) is 0 Å². The fourth-order valence-electron chi connectivity index (χ4n) is 3.38. The number of benzene rings is 2. The second kappa shape index (κ2) is 11.6. The van der Waals surface area contributed by atoms with Gasteiger partial charge in [0, 0.05) is 18.5 Å². The first-order valence-electron chi connectivity index (χ1n) is 9.99. The minimum Gasteiger partial charge on any atom is -0.497 e. The maximum Gasteiger partial charge on any atom is 0.274 e. The summed E-state index contributed by atoms with van der Waals surface area (Å²) < 4.78 is 17.3. The summed E-state index contributed by atoms with van der Waals surface area (Å²) in [4.78, 5) is 15.1. The maximum atomic E-state index is 12.8. The molecule has 0 saturated carbocycles. The number of ether oxygens (including phenoxy) is 3. The van der Waals surface area contributed by atoms with Crippen LogP contribution < -0.4 is 19.8 Å². The normalized spacial score (nSPS) is 10.7. The van der Waals surface area contributed by atoms with E-state index in [1.807, 2.05) is 12.1 Å². The summed E-state index contributed by atoms with van der Waals surface area (Å²) in [5.74, 6) is 2.00. The summed E-state index contributed by atoms with van der Waals surface area (Å²) >= 11 is 0. The van der Waals surface area contributed by atoms with Gasteiger partial charge in [-0.3, -0.25) is 4.79 Å². The molecule has 0 aliphatic heterocycles. The van der Waals surface area contributed by atoms with Gasteiger partial charge in [0.15, 0.2) is 11.5 Å². The fraction of sp³-hybridized carbons (Fsp3) is 0.391. The van der Waals surface area contributed by atoms with E-state index in [9.17, 15) is 4.79 Å². The van der Waals surface area contributed by atoms with Crippen molar-refractivity contribution < 1.29 is 14.2 Å². The van der Waals surface area contributed by atoms with Gasteiger partial charge < -0.3 is 19.1 Å². The van der Waals surface area contributed by atoms with Crippen LogP contribution in [0.15, 0.2) is 47.4 Å². The van der Waals surface area contributed by atoms with E-state index in [2.05, 4.69) is 29.2 Å². The van der Waals surface area contributed by atoms with Crippen molar-refractivity contribution in [3.8, 4) is 17.2 Å². The summed E-state index contributed by atoms with van der Waals surface area (Å²) in [6, 6.07) is 11.6. The monoisotopic (exact) mass is 447 g/mol. The van der Waals surface area contributed by atoms with Gasteiger partial charge in [0.05, 0.1) is 32.9 Å². The molecule has 1 aromatic heterocycles. The Balaban J connectivity index is 0.00000341. The van der Waals surface area contributed by atoms with Crippen molar-refractivity contribution in [2.45, 2.75) is 19.4 Å². The average molecular weight is 448 g/mol. The van der Waals surface area contributed by atoms with Gasteiger partial charge in [-0.1, -0.05) is 12.1 Å². The van der Waals surface area contributed by atoms with Gasteiger partial charge in [0.25, 0.3) is 5.56 Å². The number of nitrogens with zero attached hydrogens (tertiary/aromatic N) is 3. The van der Waals surface area contributed by atoms with Gasteiger partial charge in [0.2, 0.25) is 0 Å². The van der Waals surface area contributed by atoms with Crippen LogP contribution in [-0.4, -0.2) is 56.1 Å². The number of aryl methyl sites for hydroxylation is 1. The number of rotatable bonds is 10. The van der Waals surface area contributed by atoms with Crippen molar-refractivity contribution in [1.29, 1.82) is 0 Å². The van der Waals surface area contributed by atoms with Crippen molar-refractivity contribution in [3.05, 3.63) is 58.5 Å². The highest BCUT2D eigenvalue weighted by atomic mass is 35.5. The number of hydrogen-bond donors (Lipinski definition) is 0. The van der Waals surface area contributed by atoms with E-state index in [1.54, 1.807) is 39.7 Å². The van der Waals surface area contributed by atoms with Crippen molar-refractivity contribution >= 4 is 23.2 Å². The summed E-state index contributed by atoms with van der Waals surface area (Å²) in [5.41, 5.74) is 1.16. The zero-order chi connectivity index (χ0) is 21.5. The van der Waals surface area contributed by atoms with E-state index in [0.717, 1.165) is 37.1 Å². The number of methoxy groups -OCH3 is 3. The maximum absolute atomic E-state index is 12.8. The molecule has 2 aromatic carbocycles. The van der Waals surface area contributed by atoms with Crippen LogP contribution in [0.4, 0.5) is 0 Å². The van der Waals surface area contributed by atoms with E-state index >= 15 is 0 Å². The number of halogens is 1. The fourth-order valence-corrected chi connectivity index (χ4v) is 3.38. The lowest BCUT2D eigenvalue weighted by Crippen LogP contribution is -2.27. The molecule has 168 valence electrons. The molecular formula is C23H30ClN3O4. The van der Waals surface area contributed by atoms with Crippen LogP contribution in [0.25, 0.3) is 10.8 Å². The molecule has 0 aliphatic rings. The topological polar surface area (TPSA) is 65.8 Å². The van der Waals surface area contributed by atoms with Gasteiger partial charge in [-0.25, -0.2) is 4.68 Å². The highest BCUT2D eigenvalue weighted by molar-refractivity contribution is 5.85. The van der Waals surface area contributed by atoms with E-state index in [4.69, 9.17) is 14.2 Å². The lowest BCUT2D eigenvalue weighted by atomic mass is 10.1. The van der Waals surface area contributed by atoms with Gasteiger partial charge in [-0.15, -0.1) is 12.4 Å². The second-order valence-corrected chi connectivity index (χ2v) is 7.22. The summed E-state index contributed by atoms with van der Waals surface area (Å²) in [7, 11) is 6.90. The Hall–Kier alpha value is -2.77. The van der Waals surface area contributed by atoms with Crippen molar-refractivity contribution in [1.82, 2.24) is 14.7 Å². The van der Waals surface area contributed by atoms with E-state index in [-0.39, 0.29) is 18.0 Å². The predicted molar refractivity (Wildman–Crippen MR) is 125 cm³/mol. The van der Waals surface area contributed by atoms with Crippen molar-refractivity contribution in [2.75, 3.05) is 41.5 Å². The molecule has 8 heteroatoms. The van der Waals surface area contributed by atoms with Crippen molar-refractivity contribution in [3.63, 3.8) is 0 Å². The van der Waals surface area contributed by atoms with Crippen LogP contribution >= 0.6 is 12.4 Å². The molecule has 0 atom stereocenters. The quantitative estimate of drug-likeness (QED) is 0.474. The first-order valence-corrected chi connectivity index (χ1v) is 9.99. The number of fused-ring (bicyclic) bond motifs is 1. The zero-order valence-corrected chi connectivity index (χ0v) is 19.3. The molecule has 3 aromatic rings. The molecule has 0 radical (unpaired) electrons. The smallest absolute Gasteiger partial charge is 0.274 e. The molecule has 0 N–H and O–H groups in total. The third-order valence-corrected chi connectivity index (χ3v) is 5.21. The lowest BCUT2D eigenvalue weighted by Gasteiger charge is -2.17. The predicted octanol–water partition coefficient (Wildman–Crippen LogP) is 3.41. The Bertz CT molecular complexity index is 1040. The molecule has 7 nitrogen and oxygen atoms in total. The average Bonchev–Trinajstić information content (AvgIpc) is 2.78. The van der Waals surface area contributed by atoms with Crippen LogP contribution in [0.1, 0.15) is 12.0 Å². The van der Waals surface area contributed by atoms with Crippen LogP contribution in [-0.2, 0) is 13.0 Å². The lowest BCUT2D eigenvalue weighted by molar-refractivity contribution is 0.320. The highest BCUT2D eigenvalue weighted by Gasteiger charge is 2.11. The highest BCUT2D eigenvalue weighted by Crippen LogP contribution is 2.30. The van der Waals surface area contributed by atoms with Crippen LogP contribution in [0.5, 0.6) is 17.2 Å². The molecule has 0 fully saturated rings. The third kappa shape index (κ3) is 6.12. The minimum atomic E-state index is -0.116. The first-order chi connectivity index (χ1) is 14.5. The molecule has 0 aliphatic carbocycles. The number of likely N-dealkylation sites (N-methyl/N-ethyl adjacent to an activating group) is 1. The summed E-state index contributed by atoms with van der Waals surface area (Å²) in [6.07, 6.45) is 3.51. The van der Waals surface area contributed by atoms with Gasteiger partial charge in [-0.2, -0.15) is 5.10 Å². The summed E-state index contributed by atoms with van der Waals surface area (Å²) in [5, 5.41) is 5.64. The Morgan fingerprint density at radius 2 is 1.65 bits per heavy atom. The Kier molecular flexibility index (Phi) is 9.15. The molecule has 0 saturated heterocycles. The Morgan fingerprint density at radius 3 is 2.29 bits per heavy atom. The minimum absolute atomic E-state index is 0. The first kappa shape index (κ1) is 24.5. The summed E-state index contributed by atoms with van der Waals surface area (Å²) in [6.45, 7) is 2.40. The SMILES string of the molecule is COc1ccc(CCN(C)CCCn2ncc3cc(OC)c(OC)cc3c2=O)cc1.Cl. The number of hydrogen-bond acceptors (Lipinski definition) is 6. The molecule has 1 heterocycles. The Labute approximate surface area is 188 Å². The third-order valence-electron chi connectivity index (χ3n) is 5.21. The van der Waals surface area contributed by atoms with Gasteiger partial charge >= 0.3 is 0 Å². The standard InChI is InChI=1S/C23H29N3O4.ClH/c1-25(13-10-17-6-8-19(28-2)9-7-17)11-5-12-26-23(27)20-15-22(30-4)21(29-3)14-18(20)16-24-26;/h6-9,14-16H,5,10-13H2,1-4H3;1H. The molecule has 3 rings (SSSR count). The van der Waals surface area contributed by atoms with E-state index < -0.39 is 0 Å². The second-order valence-electron chi connectivity index (χ2n) is 7.22. The molecule has 0 bridgehead atoms. The van der Waals surface area contributed by atoms with Crippen molar-refractivity contribution in [2.24, 2.45) is 0 Å². The molecule has 0 spiro atoms. The molecule has 0 amide bonds. The van der Waals surface area contributed by atoms with E-state index in [0.29, 0.717) is 23.4 Å². The molecule has 0 unspecified atom stereocenters. The number of aromatic nitrogens is 2. The van der Waals surface area contributed by atoms with Crippen LogP contribution in [0.2, 0.25) is 0 Å². The molecular weight excluding hydrogens is 418 g/mol. The van der Waals surface area contributed by atoms with Crippen LogP contribution in [0.3, 0.4) is 0 Å². The largest absolute Gasteiger partial charge is 0.497 e. The zero-order valence-electron chi connectivity index (χ0n) is 18.5. The molecule has 31 heavy (non-hydrogen) atoms.